The van der Waals surface area contributed by atoms with Crippen molar-refractivity contribution in [3.05, 3.63) is 88.2 Å². The van der Waals surface area contributed by atoms with Crippen molar-refractivity contribution >= 4 is 17.4 Å². The molecule has 0 fully saturated rings. The van der Waals surface area contributed by atoms with Crippen molar-refractivity contribution in [3.8, 4) is 5.75 Å². The van der Waals surface area contributed by atoms with Gasteiger partial charge in [0, 0.05) is 29.6 Å². The molecule has 7 nitrogen and oxygen atoms in total. The minimum absolute atomic E-state index is 0.0176. The molecule has 0 saturated heterocycles. The normalized spacial score (nSPS) is 10.5. The lowest BCUT2D eigenvalue weighted by Crippen LogP contribution is -2.12. The van der Waals surface area contributed by atoms with Crippen LogP contribution in [0.3, 0.4) is 0 Å². The molecule has 0 bridgehead atoms. The van der Waals surface area contributed by atoms with Crippen LogP contribution in [0.5, 0.6) is 5.75 Å². The van der Waals surface area contributed by atoms with E-state index in [0.717, 1.165) is 22.4 Å². The Labute approximate surface area is 180 Å². The summed E-state index contributed by atoms with van der Waals surface area (Å²) in [5.41, 5.74) is 15.9. The van der Waals surface area contributed by atoms with E-state index in [2.05, 4.69) is 10.3 Å². The van der Waals surface area contributed by atoms with Crippen LogP contribution >= 0.6 is 0 Å². The van der Waals surface area contributed by atoms with Crippen LogP contribution in [0.1, 0.15) is 33.5 Å². The SMILES string of the molecule is Cc1c(CNc2ccc(C(=N)N)cc2)cnc(CF)c1OCc1cccc(C(=N)N)c1. The number of anilines is 1. The van der Waals surface area contributed by atoms with E-state index >= 15 is 0 Å². The fourth-order valence-corrected chi connectivity index (χ4v) is 3.09. The highest BCUT2D eigenvalue weighted by atomic mass is 19.1. The first kappa shape index (κ1) is 21.8. The first-order chi connectivity index (χ1) is 14.9. The second-order valence-corrected chi connectivity index (χ2v) is 7.07. The van der Waals surface area contributed by atoms with Gasteiger partial charge >= 0.3 is 0 Å². The molecule has 0 amide bonds. The maximum atomic E-state index is 13.5. The number of hydrogen-bond donors (Lipinski definition) is 5. The third-order valence-electron chi connectivity index (χ3n) is 4.89. The first-order valence-electron chi connectivity index (χ1n) is 9.66. The van der Waals surface area contributed by atoms with Gasteiger partial charge in [-0.1, -0.05) is 18.2 Å². The third kappa shape index (κ3) is 5.36. The molecule has 0 radical (unpaired) electrons. The summed E-state index contributed by atoms with van der Waals surface area (Å²) in [4.78, 5) is 4.23. The lowest BCUT2D eigenvalue weighted by atomic mass is 10.1. The zero-order valence-electron chi connectivity index (χ0n) is 17.2. The van der Waals surface area contributed by atoms with Crippen molar-refractivity contribution in [2.24, 2.45) is 11.5 Å². The molecule has 31 heavy (non-hydrogen) atoms. The van der Waals surface area contributed by atoms with Gasteiger partial charge in [0.05, 0.1) is 0 Å². The van der Waals surface area contributed by atoms with Gasteiger partial charge in [0.2, 0.25) is 0 Å². The summed E-state index contributed by atoms with van der Waals surface area (Å²) in [5.74, 6) is 0.416. The van der Waals surface area contributed by atoms with Crippen LogP contribution in [0.4, 0.5) is 10.1 Å². The zero-order valence-corrected chi connectivity index (χ0v) is 17.2. The Morgan fingerprint density at radius 3 is 2.42 bits per heavy atom. The second-order valence-electron chi connectivity index (χ2n) is 7.07. The van der Waals surface area contributed by atoms with Gasteiger partial charge in [-0.15, -0.1) is 0 Å². The number of nitrogens with zero attached hydrogens (tertiary/aromatic N) is 1. The number of benzene rings is 2. The number of ether oxygens (including phenoxy) is 1. The largest absolute Gasteiger partial charge is 0.487 e. The van der Waals surface area contributed by atoms with Gasteiger partial charge in [-0.2, -0.15) is 0 Å². The molecule has 160 valence electrons. The number of nitrogens with one attached hydrogen (secondary N) is 3. The number of pyridine rings is 1. The predicted molar refractivity (Wildman–Crippen MR) is 120 cm³/mol. The minimum atomic E-state index is -0.732. The highest BCUT2D eigenvalue weighted by molar-refractivity contribution is 5.95. The molecule has 0 spiro atoms. The Bertz CT molecular complexity index is 1100. The Hall–Kier alpha value is -3.94. The molecule has 0 aliphatic rings. The van der Waals surface area contributed by atoms with Crippen molar-refractivity contribution in [3.63, 3.8) is 0 Å². The van der Waals surface area contributed by atoms with Gasteiger partial charge in [-0.05, 0) is 53.9 Å². The van der Waals surface area contributed by atoms with E-state index < -0.39 is 6.67 Å². The highest BCUT2D eigenvalue weighted by Gasteiger charge is 2.14. The molecule has 7 N–H and O–H groups in total. The van der Waals surface area contributed by atoms with Gasteiger partial charge in [0.25, 0.3) is 0 Å². The van der Waals surface area contributed by atoms with Crippen LogP contribution in [-0.2, 0) is 19.8 Å². The van der Waals surface area contributed by atoms with Crippen molar-refractivity contribution in [2.45, 2.75) is 26.7 Å². The van der Waals surface area contributed by atoms with E-state index in [1.54, 1.807) is 36.5 Å². The number of aromatic nitrogens is 1. The quantitative estimate of drug-likeness (QED) is 0.266. The minimum Gasteiger partial charge on any atom is -0.487 e. The molecule has 3 rings (SSSR count). The van der Waals surface area contributed by atoms with Crippen LogP contribution in [0.2, 0.25) is 0 Å². The maximum absolute atomic E-state index is 13.5. The number of nitrogens with two attached hydrogens (primary N) is 2. The standard InChI is InChI=1S/C23H25FN6O/c1-14-18(11-29-19-7-5-16(6-8-19)22(25)26)12-30-20(10-24)21(14)31-13-15-3-2-4-17(9-15)23(27)28/h2-9,12,29H,10-11,13H2,1H3,(H3,25,26)(H3,27,28). The third-order valence-corrected chi connectivity index (χ3v) is 4.89. The second kappa shape index (κ2) is 9.71. The number of halogens is 1. The van der Waals surface area contributed by atoms with Crippen molar-refractivity contribution in [1.82, 2.24) is 4.98 Å². The number of rotatable bonds is 9. The summed E-state index contributed by atoms with van der Waals surface area (Å²) in [6, 6.07) is 14.4. The summed E-state index contributed by atoms with van der Waals surface area (Å²) in [7, 11) is 0. The maximum Gasteiger partial charge on any atom is 0.147 e. The molecular weight excluding hydrogens is 395 g/mol. The zero-order chi connectivity index (χ0) is 22.4. The lowest BCUT2D eigenvalue weighted by Gasteiger charge is -2.16. The fourth-order valence-electron chi connectivity index (χ4n) is 3.09. The summed E-state index contributed by atoms with van der Waals surface area (Å²) >= 11 is 0. The van der Waals surface area contributed by atoms with Crippen LogP contribution in [0.15, 0.2) is 54.7 Å². The summed E-state index contributed by atoms with van der Waals surface area (Å²) in [5, 5.41) is 18.3. The van der Waals surface area contributed by atoms with Gasteiger partial charge in [-0.25, -0.2) is 4.39 Å². The number of nitrogen functional groups attached to an aromatic ring is 2. The first-order valence-corrected chi connectivity index (χ1v) is 9.66. The lowest BCUT2D eigenvalue weighted by molar-refractivity contribution is 0.293. The van der Waals surface area contributed by atoms with E-state index in [9.17, 15) is 4.39 Å². The molecule has 0 saturated carbocycles. The molecule has 0 aliphatic carbocycles. The number of amidine groups is 2. The van der Waals surface area contributed by atoms with E-state index in [4.69, 9.17) is 27.0 Å². The molecule has 8 heteroatoms. The average molecular weight is 420 g/mol. The fraction of sp³-hybridized carbons (Fsp3) is 0.174. The Morgan fingerprint density at radius 2 is 1.77 bits per heavy atom. The van der Waals surface area contributed by atoms with E-state index in [-0.39, 0.29) is 24.0 Å². The molecule has 2 aromatic carbocycles. The van der Waals surface area contributed by atoms with Gasteiger partial charge in [0.15, 0.2) is 0 Å². The molecule has 1 aromatic heterocycles. The predicted octanol–water partition coefficient (Wildman–Crippen LogP) is 3.62. The van der Waals surface area contributed by atoms with Crippen molar-refractivity contribution in [1.29, 1.82) is 10.8 Å². The topological polar surface area (TPSA) is 134 Å². The van der Waals surface area contributed by atoms with E-state index in [1.165, 1.54) is 0 Å². The molecular formula is C23H25FN6O. The van der Waals surface area contributed by atoms with Crippen LogP contribution in [0.25, 0.3) is 0 Å². The molecule has 0 atom stereocenters. The summed E-state index contributed by atoms with van der Waals surface area (Å²) in [6.07, 6.45) is 1.64. The number of alkyl halides is 1. The average Bonchev–Trinajstić information content (AvgIpc) is 2.77. The van der Waals surface area contributed by atoms with Crippen LogP contribution < -0.4 is 21.5 Å². The smallest absolute Gasteiger partial charge is 0.147 e. The molecule has 3 aromatic rings. The Balaban J connectivity index is 1.75. The number of hydrogen-bond acceptors (Lipinski definition) is 5. The highest BCUT2D eigenvalue weighted by Crippen LogP contribution is 2.27. The van der Waals surface area contributed by atoms with Crippen molar-refractivity contribution in [2.75, 3.05) is 5.32 Å². The molecule has 0 unspecified atom stereocenters. The Kier molecular flexibility index (Phi) is 6.81. The van der Waals surface area contributed by atoms with E-state index in [1.807, 2.05) is 25.1 Å². The van der Waals surface area contributed by atoms with Gasteiger partial charge in [0.1, 0.15) is 36.4 Å². The molecule has 0 aliphatic heterocycles. The van der Waals surface area contributed by atoms with E-state index in [0.29, 0.717) is 23.4 Å². The van der Waals surface area contributed by atoms with Gasteiger partial charge in [-0.3, -0.25) is 15.8 Å². The van der Waals surface area contributed by atoms with Crippen LogP contribution in [-0.4, -0.2) is 16.7 Å². The van der Waals surface area contributed by atoms with Gasteiger partial charge < -0.3 is 21.5 Å². The Morgan fingerprint density at radius 1 is 1.06 bits per heavy atom. The molecule has 1 heterocycles. The monoisotopic (exact) mass is 420 g/mol. The van der Waals surface area contributed by atoms with Crippen molar-refractivity contribution < 1.29 is 9.13 Å². The summed E-state index contributed by atoms with van der Waals surface area (Å²) in [6.45, 7) is 1.82. The summed E-state index contributed by atoms with van der Waals surface area (Å²) < 4.78 is 19.5. The van der Waals surface area contributed by atoms with Crippen LogP contribution in [0, 0.1) is 17.7 Å².